The number of halogens is 2. The summed E-state index contributed by atoms with van der Waals surface area (Å²) in [7, 11) is 0. The van der Waals surface area contributed by atoms with Gasteiger partial charge in [0, 0.05) is 23.4 Å². The van der Waals surface area contributed by atoms with Crippen molar-refractivity contribution >= 4 is 39.3 Å². The van der Waals surface area contributed by atoms with Crippen LogP contribution in [0.3, 0.4) is 0 Å². The molecule has 5 heteroatoms. The summed E-state index contributed by atoms with van der Waals surface area (Å²) < 4.78 is 3.25. The third-order valence-electron chi connectivity index (χ3n) is 2.42. The SMILES string of the molecule is CCc1nn(CC)c(CSC(C)CCl)c1Br. The highest BCUT2D eigenvalue weighted by molar-refractivity contribution is 9.10. The summed E-state index contributed by atoms with van der Waals surface area (Å²) in [5, 5.41) is 5.06. The molecule has 0 aliphatic rings. The molecule has 1 unspecified atom stereocenters. The molecule has 0 radical (unpaired) electrons. The van der Waals surface area contributed by atoms with E-state index in [1.54, 1.807) is 0 Å². The molecular weight excluding hydrogens is 308 g/mol. The van der Waals surface area contributed by atoms with Crippen LogP contribution in [0.4, 0.5) is 0 Å². The molecule has 0 spiro atoms. The molecule has 0 fully saturated rings. The number of thioether (sulfide) groups is 1. The topological polar surface area (TPSA) is 17.8 Å². The van der Waals surface area contributed by atoms with Crippen molar-refractivity contribution in [2.24, 2.45) is 0 Å². The summed E-state index contributed by atoms with van der Waals surface area (Å²) in [5.74, 6) is 1.67. The highest BCUT2D eigenvalue weighted by atomic mass is 79.9. The Bertz CT molecular complexity index is 341. The van der Waals surface area contributed by atoms with E-state index in [-0.39, 0.29) is 0 Å². The zero-order chi connectivity index (χ0) is 12.1. The Balaban J connectivity index is 2.80. The van der Waals surface area contributed by atoms with Crippen molar-refractivity contribution < 1.29 is 0 Å². The van der Waals surface area contributed by atoms with Gasteiger partial charge < -0.3 is 0 Å². The summed E-state index contributed by atoms with van der Waals surface area (Å²) in [4.78, 5) is 0. The normalized spacial score (nSPS) is 13.1. The average Bonchev–Trinajstić information content (AvgIpc) is 2.62. The van der Waals surface area contributed by atoms with Gasteiger partial charge in [0.2, 0.25) is 0 Å². The predicted molar refractivity (Wildman–Crippen MR) is 76.5 cm³/mol. The van der Waals surface area contributed by atoms with Gasteiger partial charge in [0.1, 0.15) is 0 Å². The van der Waals surface area contributed by atoms with E-state index in [9.17, 15) is 0 Å². The fourth-order valence-electron chi connectivity index (χ4n) is 1.42. The third kappa shape index (κ3) is 3.41. The minimum Gasteiger partial charge on any atom is -0.268 e. The summed E-state index contributed by atoms with van der Waals surface area (Å²) in [5.41, 5.74) is 2.43. The number of rotatable bonds is 6. The number of hydrogen-bond acceptors (Lipinski definition) is 2. The predicted octanol–water partition coefficient (Wildman–Crippen LogP) is 4.09. The van der Waals surface area contributed by atoms with E-state index in [4.69, 9.17) is 11.6 Å². The molecule has 0 saturated heterocycles. The second-order valence-corrected chi connectivity index (χ2v) is 6.18. The van der Waals surface area contributed by atoms with Crippen molar-refractivity contribution in [1.82, 2.24) is 9.78 Å². The maximum Gasteiger partial charge on any atom is 0.0767 e. The number of alkyl halides is 1. The first-order chi connectivity index (χ1) is 7.63. The molecule has 1 atom stereocenters. The van der Waals surface area contributed by atoms with E-state index in [0.29, 0.717) is 11.1 Å². The molecule has 92 valence electrons. The van der Waals surface area contributed by atoms with E-state index in [1.807, 2.05) is 11.8 Å². The van der Waals surface area contributed by atoms with Crippen LogP contribution in [-0.2, 0) is 18.7 Å². The lowest BCUT2D eigenvalue weighted by Crippen LogP contribution is -2.04. The van der Waals surface area contributed by atoms with E-state index in [1.165, 1.54) is 10.2 Å². The van der Waals surface area contributed by atoms with E-state index in [0.717, 1.165) is 24.4 Å². The van der Waals surface area contributed by atoms with Crippen molar-refractivity contribution in [1.29, 1.82) is 0 Å². The Morgan fingerprint density at radius 2 is 2.19 bits per heavy atom. The molecule has 0 N–H and O–H groups in total. The third-order valence-corrected chi connectivity index (χ3v) is 5.15. The first-order valence-electron chi connectivity index (χ1n) is 5.55. The van der Waals surface area contributed by atoms with Crippen LogP contribution in [0.2, 0.25) is 0 Å². The maximum absolute atomic E-state index is 5.81. The summed E-state index contributed by atoms with van der Waals surface area (Å²) in [6.45, 7) is 7.33. The van der Waals surface area contributed by atoms with Crippen LogP contribution in [0, 0.1) is 0 Å². The van der Waals surface area contributed by atoms with Crippen LogP contribution in [0.5, 0.6) is 0 Å². The van der Waals surface area contributed by atoms with E-state index >= 15 is 0 Å². The van der Waals surface area contributed by atoms with Gasteiger partial charge in [0.15, 0.2) is 0 Å². The van der Waals surface area contributed by atoms with Crippen molar-refractivity contribution in [2.75, 3.05) is 5.88 Å². The van der Waals surface area contributed by atoms with Crippen LogP contribution in [0.25, 0.3) is 0 Å². The molecule has 1 heterocycles. The molecule has 0 aliphatic carbocycles. The van der Waals surface area contributed by atoms with Crippen molar-refractivity contribution in [3.05, 3.63) is 15.9 Å². The van der Waals surface area contributed by atoms with Gasteiger partial charge >= 0.3 is 0 Å². The summed E-state index contributed by atoms with van der Waals surface area (Å²) in [6.07, 6.45) is 0.969. The second-order valence-electron chi connectivity index (χ2n) is 3.65. The lowest BCUT2D eigenvalue weighted by molar-refractivity contribution is 0.627. The fraction of sp³-hybridized carbons (Fsp3) is 0.727. The van der Waals surface area contributed by atoms with Crippen LogP contribution in [-0.4, -0.2) is 20.9 Å². The molecule has 0 aromatic carbocycles. The second kappa shape index (κ2) is 6.92. The van der Waals surface area contributed by atoms with E-state index in [2.05, 4.69) is 46.5 Å². The first kappa shape index (κ1) is 14.4. The molecule has 16 heavy (non-hydrogen) atoms. The molecule has 0 saturated carbocycles. The van der Waals surface area contributed by atoms with E-state index < -0.39 is 0 Å². The van der Waals surface area contributed by atoms with Gasteiger partial charge in [-0.05, 0) is 29.3 Å². The molecule has 1 aromatic rings. The molecule has 1 rings (SSSR count). The van der Waals surface area contributed by atoms with Gasteiger partial charge in [-0.3, -0.25) is 4.68 Å². The molecular formula is C11H18BrClN2S. The van der Waals surface area contributed by atoms with Crippen LogP contribution < -0.4 is 0 Å². The van der Waals surface area contributed by atoms with Gasteiger partial charge in [-0.2, -0.15) is 16.9 Å². The molecule has 2 nitrogen and oxygen atoms in total. The number of aryl methyl sites for hydroxylation is 2. The Morgan fingerprint density at radius 3 is 2.69 bits per heavy atom. The van der Waals surface area contributed by atoms with Gasteiger partial charge in [-0.15, -0.1) is 11.6 Å². The zero-order valence-electron chi connectivity index (χ0n) is 9.96. The maximum atomic E-state index is 5.81. The molecule has 0 bridgehead atoms. The quantitative estimate of drug-likeness (QED) is 0.733. The Kier molecular flexibility index (Phi) is 6.22. The van der Waals surface area contributed by atoms with Crippen molar-refractivity contribution in [2.45, 2.75) is 44.7 Å². The van der Waals surface area contributed by atoms with Gasteiger partial charge in [-0.1, -0.05) is 13.8 Å². The van der Waals surface area contributed by atoms with Crippen molar-refractivity contribution in [3.8, 4) is 0 Å². The van der Waals surface area contributed by atoms with Crippen molar-refractivity contribution in [3.63, 3.8) is 0 Å². The standard InChI is InChI=1S/C11H18BrClN2S/c1-4-9-11(12)10(15(5-2)14-9)7-16-8(3)6-13/h8H,4-7H2,1-3H3. The number of hydrogen-bond donors (Lipinski definition) is 0. The minimum absolute atomic E-state index is 0.485. The minimum atomic E-state index is 0.485. The molecule has 0 amide bonds. The van der Waals surface area contributed by atoms with Gasteiger partial charge in [-0.25, -0.2) is 0 Å². The number of aromatic nitrogens is 2. The summed E-state index contributed by atoms with van der Waals surface area (Å²) >= 11 is 11.3. The van der Waals surface area contributed by atoms with Crippen LogP contribution >= 0.6 is 39.3 Å². The monoisotopic (exact) mass is 324 g/mol. The highest BCUT2D eigenvalue weighted by Crippen LogP contribution is 2.27. The highest BCUT2D eigenvalue weighted by Gasteiger charge is 2.14. The smallest absolute Gasteiger partial charge is 0.0767 e. The van der Waals surface area contributed by atoms with Gasteiger partial charge in [0.25, 0.3) is 0 Å². The zero-order valence-corrected chi connectivity index (χ0v) is 13.1. The molecule has 1 aromatic heterocycles. The lowest BCUT2D eigenvalue weighted by atomic mass is 10.3. The van der Waals surface area contributed by atoms with Gasteiger partial charge in [0.05, 0.1) is 15.9 Å². The Hall–Kier alpha value is 0.330. The van der Waals surface area contributed by atoms with Crippen LogP contribution in [0.1, 0.15) is 32.2 Å². The number of nitrogens with zero attached hydrogens (tertiary/aromatic N) is 2. The lowest BCUT2D eigenvalue weighted by Gasteiger charge is -2.08. The van der Waals surface area contributed by atoms with Crippen LogP contribution in [0.15, 0.2) is 4.47 Å². The molecule has 0 aliphatic heterocycles. The largest absolute Gasteiger partial charge is 0.268 e. The average molecular weight is 326 g/mol. The Labute approximate surface area is 115 Å². The summed E-state index contributed by atoms with van der Waals surface area (Å²) in [6, 6.07) is 0. The first-order valence-corrected chi connectivity index (χ1v) is 7.93. The Morgan fingerprint density at radius 1 is 1.50 bits per heavy atom. The fourth-order valence-corrected chi connectivity index (χ4v) is 3.40.